The van der Waals surface area contributed by atoms with E-state index in [1.165, 1.54) is 11.9 Å². The summed E-state index contributed by atoms with van der Waals surface area (Å²) < 4.78 is 7.82. The van der Waals surface area contributed by atoms with E-state index in [2.05, 4.69) is 58.9 Å². The van der Waals surface area contributed by atoms with Crippen molar-refractivity contribution < 1.29 is 4.42 Å². The van der Waals surface area contributed by atoms with Gasteiger partial charge in [0.25, 0.3) is 5.71 Å². The minimum absolute atomic E-state index is 0.212. The first kappa shape index (κ1) is 15.9. The highest BCUT2D eigenvalue weighted by molar-refractivity contribution is 5.81. The van der Waals surface area contributed by atoms with Crippen LogP contribution in [0.25, 0.3) is 11.2 Å². The Kier molecular flexibility index (Phi) is 3.63. The molecule has 4 heterocycles. The van der Waals surface area contributed by atoms with Crippen molar-refractivity contribution in [2.45, 2.75) is 32.9 Å². The van der Waals surface area contributed by atoms with Gasteiger partial charge in [-0.1, -0.05) is 30.3 Å². The number of aromatic nitrogens is 6. The smallest absolute Gasteiger partial charge is 0.252 e. The Bertz CT molecular complexity index is 1100. The van der Waals surface area contributed by atoms with E-state index in [1.807, 2.05) is 19.9 Å². The number of nitrogens with zero attached hydrogens (tertiary/aromatic N) is 7. The summed E-state index contributed by atoms with van der Waals surface area (Å²) in [4.78, 5) is 15.4. The monoisotopic (exact) mass is 361 g/mol. The fourth-order valence-electron chi connectivity index (χ4n) is 3.85. The molecule has 8 heteroatoms. The molecule has 4 aromatic rings. The fourth-order valence-corrected chi connectivity index (χ4v) is 3.85. The quantitative estimate of drug-likeness (QED) is 0.554. The Labute approximate surface area is 155 Å². The summed E-state index contributed by atoms with van der Waals surface area (Å²) in [7, 11) is 0. The molecule has 0 spiro atoms. The zero-order chi connectivity index (χ0) is 18.4. The first-order valence-electron chi connectivity index (χ1n) is 8.96. The van der Waals surface area contributed by atoms with E-state index in [4.69, 9.17) is 4.42 Å². The molecule has 27 heavy (non-hydrogen) atoms. The van der Waals surface area contributed by atoms with Gasteiger partial charge in [-0.2, -0.15) is 4.98 Å². The molecule has 0 fully saturated rings. The summed E-state index contributed by atoms with van der Waals surface area (Å²) >= 11 is 0. The molecule has 0 aliphatic carbocycles. The van der Waals surface area contributed by atoms with Gasteiger partial charge in [0.2, 0.25) is 0 Å². The third-order valence-corrected chi connectivity index (χ3v) is 4.96. The predicted molar refractivity (Wildman–Crippen MR) is 99.3 cm³/mol. The number of oxazole rings is 1. The lowest BCUT2D eigenvalue weighted by atomic mass is 10.0. The summed E-state index contributed by atoms with van der Waals surface area (Å²) in [5.74, 6) is 3.24. The molecular weight excluding hydrogens is 342 g/mol. The van der Waals surface area contributed by atoms with Crippen molar-refractivity contribution in [2.75, 3.05) is 11.4 Å². The average Bonchev–Trinajstić information content (AvgIpc) is 3.24. The van der Waals surface area contributed by atoms with Crippen LogP contribution in [-0.2, 0) is 13.0 Å². The van der Waals surface area contributed by atoms with Crippen molar-refractivity contribution in [3.05, 3.63) is 59.8 Å². The van der Waals surface area contributed by atoms with Crippen molar-refractivity contribution in [3.8, 4) is 0 Å². The minimum Gasteiger partial charge on any atom is -0.422 e. The molecule has 1 atom stereocenters. The number of anilines is 1. The van der Waals surface area contributed by atoms with Crippen LogP contribution in [-0.4, -0.2) is 36.3 Å². The van der Waals surface area contributed by atoms with Crippen LogP contribution in [0.15, 0.2) is 41.1 Å². The number of rotatable bonds is 3. The van der Waals surface area contributed by atoms with E-state index in [1.54, 1.807) is 0 Å². The van der Waals surface area contributed by atoms with Crippen LogP contribution in [0.2, 0.25) is 0 Å². The largest absolute Gasteiger partial charge is 0.422 e. The molecule has 0 saturated carbocycles. The van der Waals surface area contributed by atoms with Crippen LogP contribution >= 0.6 is 0 Å². The Hall–Kier alpha value is -3.29. The Morgan fingerprint density at radius 2 is 1.96 bits per heavy atom. The van der Waals surface area contributed by atoms with Gasteiger partial charge in [-0.05, 0) is 18.9 Å². The fraction of sp³-hybridized carbons (Fsp3) is 0.316. The predicted octanol–water partition coefficient (Wildman–Crippen LogP) is 2.63. The lowest BCUT2D eigenvalue weighted by molar-refractivity contribution is 0.421. The second-order valence-electron chi connectivity index (χ2n) is 6.84. The maximum Gasteiger partial charge on any atom is 0.252 e. The lowest BCUT2D eigenvalue weighted by Gasteiger charge is -2.35. The molecule has 0 saturated heterocycles. The van der Waals surface area contributed by atoms with Crippen LogP contribution in [0.1, 0.15) is 29.1 Å². The van der Waals surface area contributed by atoms with Gasteiger partial charge in [0.15, 0.2) is 23.0 Å². The van der Waals surface area contributed by atoms with Gasteiger partial charge < -0.3 is 13.9 Å². The normalized spacial score (nSPS) is 16.7. The maximum absolute atomic E-state index is 5.57. The molecule has 0 bridgehead atoms. The van der Waals surface area contributed by atoms with Gasteiger partial charge in [-0.15, -0.1) is 10.2 Å². The first-order chi connectivity index (χ1) is 13.2. The summed E-state index contributed by atoms with van der Waals surface area (Å²) in [6.07, 6.45) is 2.42. The first-order valence-corrected chi connectivity index (χ1v) is 8.96. The van der Waals surface area contributed by atoms with E-state index in [0.29, 0.717) is 23.7 Å². The molecule has 1 aliphatic heterocycles. The van der Waals surface area contributed by atoms with E-state index in [0.717, 1.165) is 30.4 Å². The highest BCUT2D eigenvalue weighted by Crippen LogP contribution is 2.31. The average molecular weight is 361 g/mol. The minimum atomic E-state index is 0.212. The van der Waals surface area contributed by atoms with Crippen LogP contribution in [0, 0.1) is 13.8 Å². The number of aryl methyl sites for hydroxylation is 2. The van der Waals surface area contributed by atoms with Crippen molar-refractivity contribution >= 4 is 17.0 Å². The second-order valence-corrected chi connectivity index (χ2v) is 6.84. The van der Waals surface area contributed by atoms with Crippen molar-refractivity contribution in [1.82, 2.24) is 29.7 Å². The van der Waals surface area contributed by atoms with Crippen LogP contribution in [0.4, 0.5) is 5.82 Å². The number of hydrogen-bond donors (Lipinski definition) is 0. The molecule has 5 rings (SSSR count). The zero-order valence-electron chi connectivity index (χ0n) is 15.2. The van der Waals surface area contributed by atoms with Gasteiger partial charge in [-0.3, -0.25) is 0 Å². The zero-order valence-corrected chi connectivity index (χ0v) is 15.2. The highest BCUT2D eigenvalue weighted by atomic mass is 16.4. The molecular formula is C19H19N7O. The summed E-state index contributed by atoms with van der Waals surface area (Å²) in [6.45, 7) is 5.25. The topological polar surface area (TPSA) is 85.8 Å². The maximum atomic E-state index is 5.57. The van der Waals surface area contributed by atoms with E-state index in [-0.39, 0.29) is 6.04 Å². The number of fused-ring (bicyclic) bond motifs is 2. The highest BCUT2D eigenvalue weighted by Gasteiger charge is 2.30. The molecule has 0 unspecified atom stereocenters. The van der Waals surface area contributed by atoms with Crippen LogP contribution < -0.4 is 4.90 Å². The van der Waals surface area contributed by atoms with Crippen molar-refractivity contribution in [2.24, 2.45) is 0 Å². The van der Waals surface area contributed by atoms with Gasteiger partial charge >= 0.3 is 0 Å². The third-order valence-electron chi connectivity index (χ3n) is 4.96. The molecule has 0 N–H and O–H groups in total. The Morgan fingerprint density at radius 3 is 2.81 bits per heavy atom. The molecule has 1 aromatic carbocycles. The van der Waals surface area contributed by atoms with E-state index < -0.39 is 0 Å². The van der Waals surface area contributed by atoms with Gasteiger partial charge in [0.05, 0.1) is 12.6 Å². The third kappa shape index (κ3) is 2.73. The van der Waals surface area contributed by atoms with Crippen molar-refractivity contribution in [3.63, 3.8) is 0 Å². The number of hydrogen-bond acceptors (Lipinski definition) is 7. The number of benzene rings is 1. The molecule has 8 nitrogen and oxygen atoms in total. The van der Waals surface area contributed by atoms with E-state index >= 15 is 0 Å². The Morgan fingerprint density at radius 1 is 1.11 bits per heavy atom. The van der Waals surface area contributed by atoms with Crippen LogP contribution in [0.3, 0.4) is 0 Å². The molecule has 0 amide bonds. The van der Waals surface area contributed by atoms with E-state index in [9.17, 15) is 0 Å². The van der Waals surface area contributed by atoms with Gasteiger partial charge in [-0.25, -0.2) is 9.97 Å². The lowest BCUT2D eigenvalue weighted by Crippen LogP contribution is -2.39. The van der Waals surface area contributed by atoms with Crippen molar-refractivity contribution in [1.29, 1.82) is 0 Å². The standard InChI is InChI=1S/C19H19N7O/c1-12-23-24-16-10-25(18-17-19(21-11-20-18)27-13(2)22-17)9-15(26(12)16)8-14-6-4-3-5-7-14/h3-7,11,15H,8-10H2,1-2H3/t15-/m1/s1. The summed E-state index contributed by atoms with van der Waals surface area (Å²) in [5, 5.41) is 8.70. The summed E-state index contributed by atoms with van der Waals surface area (Å²) in [6, 6.07) is 10.7. The molecule has 1 aliphatic rings. The molecule has 0 radical (unpaired) electrons. The Balaban J connectivity index is 1.55. The molecule has 136 valence electrons. The second kappa shape index (κ2) is 6.15. The SMILES string of the molecule is Cc1nc2c(N3Cc4nnc(C)n4[C@H](Cc4ccccc4)C3)ncnc2o1. The molecule has 3 aromatic heterocycles. The summed E-state index contributed by atoms with van der Waals surface area (Å²) in [5.41, 5.74) is 2.49. The van der Waals surface area contributed by atoms with Gasteiger partial charge in [0.1, 0.15) is 12.2 Å². The van der Waals surface area contributed by atoms with Crippen LogP contribution in [0.5, 0.6) is 0 Å². The van der Waals surface area contributed by atoms with Gasteiger partial charge in [0, 0.05) is 13.5 Å².